The molecular formula is C21H21F3N4. The molecule has 3 N–H and O–H groups in total. The fourth-order valence-corrected chi connectivity index (χ4v) is 3.76. The van der Waals surface area contributed by atoms with E-state index < -0.39 is 28.5 Å². The number of aromatic nitrogens is 2. The Balaban J connectivity index is 1.84. The van der Waals surface area contributed by atoms with E-state index in [1.165, 1.54) is 0 Å². The van der Waals surface area contributed by atoms with Crippen molar-refractivity contribution in [2.75, 3.05) is 11.1 Å². The van der Waals surface area contributed by atoms with Gasteiger partial charge in [-0.2, -0.15) is 0 Å². The van der Waals surface area contributed by atoms with Gasteiger partial charge in [0.25, 0.3) is 0 Å². The molecule has 4 rings (SSSR count). The van der Waals surface area contributed by atoms with Crippen LogP contribution in [0.5, 0.6) is 0 Å². The van der Waals surface area contributed by atoms with Crippen molar-refractivity contribution in [3.8, 4) is 11.4 Å². The molecule has 0 saturated heterocycles. The van der Waals surface area contributed by atoms with E-state index in [0.29, 0.717) is 5.56 Å². The second-order valence-corrected chi connectivity index (χ2v) is 7.17. The number of hydrogen-bond acceptors (Lipinski definition) is 4. The summed E-state index contributed by atoms with van der Waals surface area (Å²) in [5, 5.41) is 2.45. The third kappa shape index (κ3) is 3.37. The lowest BCUT2D eigenvalue weighted by molar-refractivity contribution is 0.503. The van der Waals surface area contributed by atoms with Gasteiger partial charge in [-0.1, -0.05) is 56.0 Å². The van der Waals surface area contributed by atoms with Crippen LogP contribution in [0.3, 0.4) is 0 Å². The van der Waals surface area contributed by atoms with Gasteiger partial charge in [-0.05, 0) is 12.8 Å². The summed E-state index contributed by atoms with van der Waals surface area (Å²) >= 11 is 0. The van der Waals surface area contributed by atoms with Crippen molar-refractivity contribution in [2.24, 2.45) is 0 Å². The molecule has 7 heteroatoms. The van der Waals surface area contributed by atoms with Gasteiger partial charge in [-0.3, -0.25) is 0 Å². The summed E-state index contributed by atoms with van der Waals surface area (Å²) < 4.78 is 44.6. The second-order valence-electron chi connectivity index (χ2n) is 7.17. The minimum Gasteiger partial charge on any atom is -0.383 e. The summed E-state index contributed by atoms with van der Waals surface area (Å²) in [6.07, 6.45) is 5.73. The van der Waals surface area contributed by atoms with Gasteiger partial charge in [-0.15, -0.1) is 0 Å². The van der Waals surface area contributed by atoms with Gasteiger partial charge in [0, 0.05) is 11.6 Å². The number of fused-ring (bicyclic) bond motifs is 1. The number of nitrogens with one attached hydrogen (secondary N) is 1. The lowest BCUT2D eigenvalue weighted by Gasteiger charge is -2.20. The molecule has 0 atom stereocenters. The zero-order chi connectivity index (χ0) is 19.7. The van der Waals surface area contributed by atoms with Crippen molar-refractivity contribution in [3.63, 3.8) is 0 Å². The first kappa shape index (κ1) is 18.5. The molecule has 0 radical (unpaired) electrons. The van der Waals surface area contributed by atoms with Crippen molar-refractivity contribution >= 4 is 22.4 Å². The fourth-order valence-electron chi connectivity index (χ4n) is 3.76. The summed E-state index contributed by atoms with van der Waals surface area (Å²) in [5.74, 6) is -3.58. The molecule has 3 aromatic rings. The predicted octanol–water partition coefficient (Wildman–Crippen LogP) is 5.43. The average Bonchev–Trinajstić information content (AvgIpc) is 2.98. The Hall–Kier alpha value is -2.83. The first-order valence-corrected chi connectivity index (χ1v) is 9.52. The fraction of sp³-hybridized carbons (Fsp3) is 0.333. The zero-order valence-electron chi connectivity index (χ0n) is 15.3. The molecule has 146 valence electrons. The van der Waals surface area contributed by atoms with Crippen LogP contribution < -0.4 is 11.1 Å². The van der Waals surface area contributed by atoms with Crippen LogP contribution in [0.4, 0.5) is 24.7 Å². The third-order valence-electron chi connectivity index (χ3n) is 5.23. The van der Waals surface area contributed by atoms with Gasteiger partial charge in [0.1, 0.15) is 17.0 Å². The van der Waals surface area contributed by atoms with Crippen LogP contribution in [0.1, 0.15) is 38.5 Å². The maximum Gasteiger partial charge on any atom is 0.185 e. The summed E-state index contributed by atoms with van der Waals surface area (Å²) in [6.45, 7) is 0. The molecule has 0 amide bonds. The number of hydrogen-bond donors (Lipinski definition) is 2. The highest BCUT2D eigenvalue weighted by molar-refractivity contribution is 5.93. The Morgan fingerprint density at radius 3 is 2.21 bits per heavy atom. The molecule has 1 heterocycles. The Morgan fingerprint density at radius 2 is 1.54 bits per heavy atom. The van der Waals surface area contributed by atoms with Crippen LogP contribution in [0, 0.1) is 17.5 Å². The summed E-state index contributed by atoms with van der Waals surface area (Å²) in [5.41, 5.74) is 5.66. The van der Waals surface area contributed by atoms with Gasteiger partial charge in [-0.25, -0.2) is 23.1 Å². The Kier molecular flexibility index (Phi) is 5.07. The molecule has 0 spiro atoms. The van der Waals surface area contributed by atoms with Crippen molar-refractivity contribution in [1.29, 1.82) is 0 Å². The lowest BCUT2D eigenvalue weighted by atomic mass is 10.1. The number of anilines is 2. The third-order valence-corrected chi connectivity index (χ3v) is 5.23. The molecule has 1 aliphatic carbocycles. The number of rotatable bonds is 3. The van der Waals surface area contributed by atoms with Crippen LogP contribution in [0.15, 0.2) is 30.3 Å². The van der Waals surface area contributed by atoms with Gasteiger partial charge in [0.15, 0.2) is 23.3 Å². The number of benzene rings is 2. The molecule has 0 unspecified atom stereocenters. The Bertz CT molecular complexity index is 1000. The molecule has 0 bridgehead atoms. The monoisotopic (exact) mass is 386 g/mol. The Labute approximate surface area is 161 Å². The van der Waals surface area contributed by atoms with Crippen LogP contribution >= 0.6 is 0 Å². The minimum atomic E-state index is -1.28. The van der Waals surface area contributed by atoms with Crippen molar-refractivity contribution < 1.29 is 13.2 Å². The molecule has 1 saturated carbocycles. The molecule has 4 nitrogen and oxygen atoms in total. The highest BCUT2D eigenvalue weighted by atomic mass is 19.2. The summed E-state index contributed by atoms with van der Waals surface area (Å²) in [7, 11) is 0. The number of nitrogens with zero attached hydrogens (tertiary/aromatic N) is 2. The van der Waals surface area contributed by atoms with Gasteiger partial charge in [0.2, 0.25) is 0 Å². The van der Waals surface area contributed by atoms with Crippen LogP contribution in [-0.4, -0.2) is 16.0 Å². The van der Waals surface area contributed by atoms with Crippen LogP contribution in [-0.2, 0) is 0 Å². The van der Waals surface area contributed by atoms with E-state index in [0.717, 1.165) is 38.5 Å². The highest BCUT2D eigenvalue weighted by Gasteiger charge is 2.26. The van der Waals surface area contributed by atoms with Crippen molar-refractivity contribution in [3.05, 3.63) is 47.8 Å². The molecule has 1 fully saturated rings. The molecule has 1 aliphatic rings. The smallest absolute Gasteiger partial charge is 0.185 e. The first-order valence-electron chi connectivity index (χ1n) is 9.52. The van der Waals surface area contributed by atoms with E-state index in [1.807, 2.05) is 6.07 Å². The molecule has 1 aromatic heterocycles. The SMILES string of the molecule is Nc1nc(-c2ccccc2)nc2c(F)c(NC3CCCCCC3)c(F)c(F)c12. The van der Waals surface area contributed by atoms with E-state index in [-0.39, 0.29) is 23.2 Å². The first-order chi connectivity index (χ1) is 13.6. The van der Waals surface area contributed by atoms with E-state index >= 15 is 4.39 Å². The number of nitrogen functional groups attached to an aromatic ring is 1. The van der Waals surface area contributed by atoms with Crippen molar-refractivity contribution in [1.82, 2.24) is 9.97 Å². The topological polar surface area (TPSA) is 63.8 Å². The quantitative estimate of drug-likeness (QED) is 0.465. The van der Waals surface area contributed by atoms with E-state index in [4.69, 9.17) is 5.73 Å². The molecular weight excluding hydrogens is 365 g/mol. The van der Waals surface area contributed by atoms with E-state index in [2.05, 4.69) is 15.3 Å². The number of halogens is 3. The molecule has 28 heavy (non-hydrogen) atoms. The van der Waals surface area contributed by atoms with Gasteiger partial charge in [0.05, 0.1) is 5.39 Å². The lowest BCUT2D eigenvalue weighted by Crippen LogP contribution is -2.21. The minimum absolute atomic E-state index is 0.101. The average molecular weight is 386 g/mol. The van der Waals surface area contributed by atoms with Crippen LogP contribution in [0.25, 0.3) is 22.3 Å². The maximum absolute atomic E-state index is 15.2. The highest BCUT2D eigenvalue weighted by Crippen LogP contribution is 2.35. The van der Waals surface area contributed by atoms with Crippen molar-refractivity contribution in [2.45, 2.75) is 44.6 Å². The second kappa shape index (κ2) is 7.66. The van der Waals surface area contributed by atoms with Crippen LogP contribution in [0.2, 0.25) is 0 Å². The summed E-state index contributed by atoms with van der Waals surface area (Å²) in [6, 6.07) is 8.75. The summed E-state index contributed by atoms with van der Waals surface area (Å²) in [4.78, 5) is 8.21. The maximum atomic E-state index is 15.2. The molecule has 0 aliphatic heterocycles. The predicted molar refractivity (Wildman–Crippen MR) is 104 cm³/mol. The normalized spacial score (nSPS) is 15.5. The largest absolute Gasteiger partial charge is 0.383 e. The van der Waals surface area contributed by atoms with E-state index in [1.54, 1.807) is 24.3 Å². The van der Waals surface area contributed by atoms with E-state index in [9.17, 15) is 8.78 Å². The molecule has 2 aromatic carbocycles. The van der Waals surface area contributed by atoms with Gasteiger partial charge >= 0.3 is 0 Å². The zero-order valence-corrected chi connectivity index (χ0v) is 15.3. The van der Waals surface area contributed by atoms with Gasteiger partial charge < -0.3 is 11.1 Å². The standard InChI is InChI=1S/C21H21F3N4/c22-15-14-18(27-21(28-20(14)25)12-8-4-3-5-9-12)17(24)19(16(15)23)26-13-10-6-1-2-7-11-13/h3-5,8-9,13,26H,1-2,6-7,10-11H2,(H2,25,27,28). The number of nitrogens with two attached hydrogens (primary N) is 1. The Morgan fingerprint density at radius 1 is 0.857 bits per heavy atom.